The number of pyridine rings is 1. The lowest BCUT2D eigenvalue weighted by Gasteiger charge is -2.16. The number of alkyl halides is 3. The van der Waals surface area contributed by atoms with Crippen LogP contribution in [0.4, 0.5) is 23.5 Å². The van der Waals surface area contributed by atoms with E-state index in [4.69, 9.17) is 0 Å². The summed E-state index contributed by atoms with van der Waals surface area (Å²) in [5.74, 6) is -0.624. The lowest BCUT2D eigenvalue weighted by atomic mass is 10.1. The standard InChI is InChI=1S/C17H14F4N6/c1-8-6-27-7-10(3-13(18)15(27)24-8)11-4-22-14-12(11)5-23-16(26-14)25-9(2)17(19,20)21/h3-7,9H,1-2H3,(H2,22,23,25,26). The first-order chi connectivity index (χ1) is 12.7. The highest BCUT2D eigenvalue weighted by Gasteiger charge is 2.36. The zero-order valence-electron chi connectivity index (χ0n) is 14.3. The molecule has 2 N–H and O–H groups in total. The van der Waals surface area contributed by atoms with Gasteiger partial charge in [0.1, 0.15) is 11.7 Å². The van der Waals surface area contributed by atoms with Gasteiger partial charge in [0.05, 0.1) is 5.69 Å². The normalized spacial score (nSPS) is 13.4. The van der Waals surface area contributed by atoms with Crippen molar-refractivity contribution in [2.75, 3.05) is 5.32 Å². The second kappa shape index (κ2) is 5.93. The fourth-order valence-corrected chi connectivity index (χ4v) is 2.82. The number of fused-ring (bicyclic) bond motifs is 2. The zero-order valence-corrected chi connectivity index (χ0v) is 14.3. The third kappa shape index (κ3) is 3.07. The van der Waals surface area contributed by atoms with Crippen LogP contribution < -0.4 is 5.32 Å². The molecule has 1 unspecified atom stereocenters. The third-order valence-corrected chi connectivity index (χ3v) is 4.21. The van der Waals surface area contributed by atoms with Gasteiger partial charge in [-0.1, -0.05) is 0 Å². The fraction of sp³-hybridized carbons (Fsp3) is 0.235. The van der Waals surface area contributed by atoms with Crippen LogP contribution in [0, 0.1) is 12.7 Å². The number of nitrogens with zero attached hydrogens (tertiary/aromatic N) is 4. The molecule has 0 aliphatic heterocycles. The van der Waals surface area contributed by atoms with Gasteiger partial charge < -0.3 is 14.7 Å². The van der Waals surface area contributed by atoms with Gasteiger partial charge in [-0.3, -0.25) is 0 Å². The molecule has 0 aliphatic carbocycles. The first-order valence-electron chi connectivity index (χ1n) is 8.05. The Morgan fingerprint density at radius 3 is 2.74 bits per heavy atom. The van der Waals surface area contributed by atoms with Crippen molar-refractivity contribution in [2.45, 2.75) is 26.1 Å². The van der Waals surface area contributed by atoms with Crippen LogP contribution in [-0.4, -0.2) is 36.6 Å². The number of hydrogen-bond acceptors (Lipinski definition) is 4. The van der Waals surface area contributed by atoms with Crippen molar-refractivity contribution in [1.29, 1.82) is 0 Å². The molecule has 0 saturated carbocycles. The van der Waals surface area contributed by atoms with Gasteiger partial charge in [-0.15, -0.1) is 0 Å². The number of anilines is 1. The predicted octanol–water partition coefficient (Wildman–Crippen LogP) is 4.08. The molecule has 4 heterocycles. The molecule has 140 valence electrons. The van der Waals surface area contributed by atoms with Crippen LogP contribution in [0.3, 0.4) is 0 Å². The smallest absolute Gasteiger partial charge is 0.345 e. The number of rotatable bonds is 3. The lowest BCUT2D eigenvalue weighted by Crippen LogP contribution is -2.33. The first kappa shape index (κ1) is 17.3. The van der Waals surface area contributed by atoms with Gasteiger partial charge >= 0.3 is 6.18 Å². The second-order valence-electron chi connectivity index (χ2n) is 6.26. The van der Waals surface area contributed by atoms with Crippen molar-refractivity contribution in [3.8, 4) is 11.1 Å². The molecule has 10 heteroatoms. The Morgan fingerprint density at radius 1 is 1.22 bits per heavy atom. The Labute approximate surface area is 150 Å². The zero-order chi connectivity index (χ0) is 19.3. The molecule has 4 aromatic rings. The van der Waals surface area contributed by atoms with Crippen molar-refractivity contribution in [2.24, 2.45) is 0 Å². The van der Waals surface area contributed by atoms with Crippen LogP contribution in [-0.2, 0) is 0 Å². The minimum Gasteiger partial charge on any atom is -0.345 e. The summed E-state index contributed by atoms with van der Waals surface area (Å²) < 4.78 is 53.9. The summed E-state index contributed by atoms with van der Waals surface area (Å²) in [6.07, 6.45) is 2.03. The maximum Gasteiger partial charge on any atom is 0.408 e. The molecule has 0 saturated heterocycles. The van der Waals surface area contributed by atoms with Gasteiger partial charge in [0, 0.05) is 41.3 Å². The minimum absolute atomic E-state index is 0.146. The number of halogens is 4. The summed E-state index contributed by atoms with van der Waals surface area (Å²) in [4.78, 5) is 15.0. The monoisotopic (exact) mass is 378 g/mol. The molecule has 0 fully saturated rings. The topological polar surface area (TPSA) is 70.9 Å². The average molecular weight is 378 g/mol. The van der Waals surface area contributed by atoms with E-state index in [0.29, 0.717) is 27.9 Å². The van der Waals surface area contributed by atoms with Gasteiger partial charge in [0.15, 0.2) is 11.5 Å². The number of aryl methyl sites for hydroxylation is 1. The van der Waals surface area contributed by atoms with Gasteiger partial charge in [-0.25, -0.2) is 14.4 Å². The Hall–Kier alpha value is -3.17. The summed E-state index contributed by atoms with van der Waals surface area (Å²) >= 11 is 0. The summed E-state index contributed by atoms with van der Waals surface area (Å²) in [7, 11) is 0. The van der Waals surface area contributed by atoms with Crippen LogP contribution >= 0.6 is 0 Å². The van der Waals surface area contributed by atoms with Crippen LogP contribution in [0.2, 0.25) is 0 Å². The minimum atomic E-state index is -4.41. The number of nitrogens with one attached hydrogen (secondary N) is 2. The van der Waals surface area contributed by atoms with Crippen molar-refractivity contribution in [3.05, 3.63) is 42.4 Å². The van der Waals surface area contributed by atoms with E-state index in [1.165, 1.54) is 12.3 Å². The van der Waals surface area contributed by atoms with E-state index in [2.05, 4.69) is 25.3 Å². The molecule has 0 amide bonds. The Balaban J connectivity index is 1.74. The second-order valence-corrected chi connectivity index (χ2v) is 6.26. The average Bonchev–Trinajstić information content (AvgIpc) is 3.16. The van der Waals surface area contributed by atoms with Crippen LogP contribution in [0.25, 0.3) is 27.8 Å². The maximum absolute atomic E-state index is 14.3. The molecule has 27 heavy (non-hydrogen) atoms. The highest BCUT2D eigenvalue weighted by atomic mass is 19.4. The van der Waals surface area contributed by atoms with Gasteiger partial charge in [-0.2, -0.15) is 18.2 Å². The number of imidazole rings is 1. The maximum atomic E-state index is 14.3. The molecule has 0 aliphatic rings. The molecule has 0 bridgehead atoms. The van der Waals surface area contributed by atoms with Gasteiger partial charge in [-0.05, 0) is 19.9 Å². The number of H-pyrrole nitrogens is 1. The highest BCUT2D eigenvalue weighted by molar-refractivity contribution is 5.93. The summed E-state index contributed by atoms with van der Waals surface area (Å²) in [5.41, 5.74) is 2.45. The van der Waals surface area contributed by atoms with E-state index in [9.17, 15) is 17.6 Å². The van der Waals surface area contributed by atoms with E-state index in [1.54, 1.807) is 29.9 Å². The van der Waals surface area contributed by atoms with Crippen molar-refractivity contribution in [1.82, 2.24) is 24.3 Å². The van der Waals surface area contributed by atoms with Crippen molar-refractivity contribution < 1.29 is 17.6 Å². The van der Waals surface area contributed by atoms with Gasteiger partial charge in [0.2, 0.25) is 5.95 Å². The van der Waals surface area contributed by atoms with E-state index in [-0.39, 0.29) is 11.6 Å². The van der Waals surface area contributed by atoms with E-state index in [1.807, 2.05) is 0 Å². The lowest BCUT2D eigenvalue weighted by molar-refractivity contribution is -0.138. The number of aromatic nitrogens is 5. The largest absolute Gasteiger partial charge is 0.408 e. The van der Waals surface area contributed by atoms with Crippen molar-refractivity contribution in [3.63, 3.8) is 0 Å². The van der Waals surface area contributed by atoms with E-state index >= 15 is 0 Å². The quantitative estimate of drug-likeness (QED) is 0.527. The SMILES string of the molecule is Cc1cn2cc(-c3c[nH]c4nc(NC(C)C(F)(F)F)ncc34)cc(F)c2n1. The molecule has 4 aromatic heterocycles. The van der Waals surface area contributed by atoms with E-state index < -0.39 is 18.0 Å². The van der Waals surface area contributed by atoms with Crippen molar-refractivity contribution >= 4 is 22.6 Å². The first-order valence-corrected chi connectivity index (χ1v) is 8.05. The number of aromatic amines is 1. The van der Waals surface area contributed by atoms with Crippen LogP contribution in [0.5, 0.6) is 0 Å². The molecule has 6 nitrogen and oxygen atoms in total. The van der Waals surface area contributed by atoms with Gasteiger partial charge in [0.25, 0.3) is 0 Å². The fourth-order valence-electron chi connectivity index (χ4n) is 2.82. The Kier molecular flexibility index (Phi) is 3.79. The molecular weight excluding hydrogens is 364 g/mol. The Morgan fingerprint density at radius 2 is 2.00 bits per heavy atom. The van der Waals surface area contributed by atoms with Crippen LogP contribution in [0.1, 0.15) is 12.6 Å². The number of hydrogen-bond donors (Lipinski definition) is 2. The molecule has 0 spiro atoms. The summed E-state index contributed by atoms with van der Waals surface area (Å²) in [6.45, 7) is 2.75. The molecule has 1 atom stereocenters. The predicted molar refractivity (Wildman–Crippen MR) is 91.9 cm³/mol. The van der Waals surface area contributed by atoms with E-state index in [0.717, 1.165) is 6.92 Å². The third-order valence-electron chi connectivity index (χ3n) is 4.21. The molecule has 0 aromatic carbocycles. The molecule has 0 radical (unpaired) electrons. The summed E-state index contributed by atoms with van der Waals surface area (Å²) in [6, 6.07) is -0.437. The molecule has 4 rings (SSSR count). The highest BCUT2D eigenvalue weighted by Crippen LogP contribution is 2.30. The molecular formula is C17H14F4N6. The Bertz CT molecular complexity index is 1140. The van der Waals surface area contributed by atoms with Crippen LogP contribution in [0.15, 0.2) is 30.9 Å². The summed E-state index contributed by atoms with van der Waals surface area (Å²) in [5, 5.41) is 2.78.